The Morgan fingerprint density at radius 3 is 1.06 bits per heavy atom. The van der Waals surface area contributed by atoms with Gasteiger partial charge in [-0.05, 0) is 41.9 Å². The Bertz CT molecular complexity index is 322. The molecule has 100 valence electrons. The highest BCUT2D eigenvalue weighted by molar-refractivity contribution is 5.42. The van der Waals surface area contributed by atoms with E-state index in [2.05, 4.69) is 55.4 Å². The first-order valence-electron chi connectivity index (χ1n) is 7.21. The van der Waals surface area contributed by atoms with Crippen molar-refractivity contribution in [1.29, 1.82) is 0 Å². The fraction of sp³-hybridized carbons (Fsp3) is 0.882. The average Bonchev–Trinajstić information content (AvgIpc) is 2.50. The van der Waals surface area contributed by atoms with Gasteiger partial charge in [0.15, 0.2) is 0 Å². The molecule has 1 fully saturated rings. The first-order valence-corrected chi connectivity index (χ1v) is 7.21. The van der Waals surface area contributed by atoms with Crippen molar-refractivity contribution < 1.29 is 0 Å². The van der Waals surface area contributed by atoms with E-state index in [-0.39, 0.29) is 0 Å². The normalized spacial score (nSPS) is 41.3. The van der Waals surface area contributed by atoms with Crippen molar-refractivity contribution in [2.24, 2.45) is 21.7 Å². The summed E-state index contributed by atoms with van der Waals surface area (Å²) in [5, 5.41) is 0. The SMILES string of the molecule is CC.CC1=C(C)[C@@]2(C)C[C@]1(C)C(C)(C)C2(C)C. The van der Waals surface area contributed by atoms with Gasteiger partial charge in [-0.15, -0.1) is 0 Å². The summed E-state index contributed by atoms with van der Waals surface area (Å²) in [5.41, 5.74) is 4.95. The number of hydrogen-bond donors (Lipinski definition) is 0. The van der Waals surface area contributed by atoms with Crippen LogP contribution < -0.4 is 0 Å². The lowest BCUT2D eigenvalue weighted by Crippen LogP contribution is -2.46. The van der Waals surface area contributed by atoms with Crippen molar-refractivity contribution in [2.75, 3.05) is 0 Å². The zero-order chi connectivity index (χ0) is 13.9. The topological polar surface area (TPSA) is 0 Å². The molecule has 1 saturated carbocycles. The molecule has 17 heavy (non-hydrogen) atoms. The minimum atomic E-state index is 0.401. The van der Waals surface area contributed by atoms with E-state index in [1.165, 1.54) is 6.42 Å². The third kappa shape index (κ3) is 1.25. The van der Waals surface area contributed by atoms with Crippen molar-refractivity contribution >= 4 is 0 Å². The molecule has 2 aliphatic rings. The van der Waals surface area contributed by atoms with E-state index in [0.717, 1.165) is 0 Å². The van der Waals surface area contributed by atoms with Crippen molar-refractivity contribution in [3.8, 4) is 0 Å². The van der Waals surface area contributed by atoms with Crippen molar-refractivity contribution in [2.45, 2.75) is 75.7 Å². The Kier molecular flexibility index (Phi) is 3.15. The lowest BCUT2D eigenvalue weighted by molar-refractivity contribution is 0.0101. The first kappa shape index (κ1) is 14.8. The zero-order valence-corrected chi connectivity index (χ0v) is 13.7. The first-order chi connectivity index (χ1) is 7.52. The van der Waals surface area contributed by atoms with Crippen LogP contribution in [0.15, 0.2) is 11.1 Å². The second-order valence-electron chi connectivity index (χ2n) is 7.34. The van der Waals surface area contributed by atoms with Crippen LogP contribution in [0.3, 0.4) is 0 Å². The highest BCUT2D eigenvalue weighted by Gasteiger charge is 2.70. The molecule has 0 spiro atoms. The minimum absolute atomic E-state index is 0.401. The summed E-state index contributed by atoms with van der Waals surface area (Å²) in [4.78, 5) is 0. The average molecular weight is 236 g/mol. The fourth-order valence-corrected chi connectivity index (χ4v) is 4.56. The third-order valence-electron chi connectivity index (χ3n) is 7.25. The molecule has 0 nitrogen and oxygen atoms in total. The lowest BCUT2D eigenvalue weighted by atomic mass is 9.50. The minimum Gasteiger partial charge on any atom is -0.0683 e. The Morgan fingerprint density at radius 2 is 0.882 bits per heavy atom. The van der Waals surface area contributed by atoms with E-state index in [9.17, 15) is 0 Å². The van der Waals surface area contributed by atoms with Crippen molar-refractivity contribution in [1.82, 2.24) is 0 Å². The lowest BCUT2D eigenvalue weighted by Gasteiger charge is -2.54. The zero-order valence-electron chi connectivity index (χ0n) is 13.7. The van der Waals surface area contributed by atoms with Gasteiger partial charge in [-0.1, -0.05) is 66.5 Å². The molecular weight excluding hydrogens is 204 g/mol. The molecule has 0 N–H and O–H groups in total. The van der Waals surface area contributed by atoms with Crippen molar-refractivity contribution in [3.05, 3.63) is 11.1 Å². The monoisotopic (exact) mass is 236 g/mol. The summed E-state index contributed by atoms with van der Waals surface area (Å²) >= 11 is 0. The van der Waals surface area contributed by atoms with E-state index >= 15 is 0 Å². The summed E-state index contributed by atoms with van der Waals surface area (Å²) in [5.74, 6) is 0. The van der Waals surface area contributed by atoms with Crippen LogP contribution in [0.4, 0.5) is 0 Å². The number of allylic oxidation sites excluding steroid dienone is 2. The van der Waals surface area contributed by atoms with Gasteiger partial charge in [0.05, 0.1) is 0 Å². The van der Waals surface area contributed by atoms with Gasteiger partial charge in [0, 0.05) is 0 Å². The van der Waals surface area contributed by atoms with Crippen LogP contribution in [-0.2, 0) is 0 Å². The molecule has 0 heterocycles. The van der Waals surface area contributed by atoms with Gasteiger partial charge in [-0.2, -0.15) is 0 Å². The van der Waals surface area contributed by atoms with E-state index < -0.39 is 0 Å². The highest BCUT2D eigenvalue weighted by Crippen LogP contribution is 2.78. The Hall–Kier alpha value is -0.260. The molecule has 0 aliphatic heterocycles. The molecule has 0 aromatic carbocycles. The number of rotatable bonds is 0. The van der Waals surface area contributed by atoms with Crippen LogP contribution in [0.5, 0.6) is 0 Å². The van der Waals surface area contributed by atoms with Gasteiger partial charge in [0.2, 0.25) is 0 Å². The summed E-state index contributed by atoms with van der Waals surface area (Å²) in [7, 11) is 0. The maximum Gasteiger partial charge on any atom is -0.00514 e. The summed E-state index contributed by atoms with van der Waals surface area (Å²) in [6, 6.07) is 0. The van der Waals surface area contributed by atoms with Crippen LogP contribution >= 0.6 is 0 Å². The van der Waals surface area contributed by atoms with E-state index in [4.69, 9.17) is 0 Å². The van der Waals surface area contributed by atoms with Crippen LogP contribution in [-0.4, -0.2) is 0 Å². The van der Waals surface area contributed by atoms with Crippen LogP contribution in [0.2, 0.25) is 0 Å². The Morgan fingerprint density at radius 1 is 0.647 bits per heavy atom. The summed E-state index contributed by atoms with van der Waals surface area (Å²) < 4.78 is 0. The molecule has 0 aromatic heterocycles. The standard InChI is InChI=1S/C15H26.C2H6/c1-10-11(2)15(8)9-14(10,7)12(3,4)13(15,5)6;1-2/h9H2,1-8H3;1-2H3/t14-,15+;. The summed E-state index contributed by atoms with van der Waals surface area (Å²) in [6.07, 6.45) is 1.34. The molecule has 2 atom stereocenters. The maximum absolute atomic E-state index is 2.48. The smallest absolute Gasteiger partial charge is 0.00514 e. The largest absolute Gasteiger partial charge is 0.0683 e. The number of hydrogen-bond acceptors (Lipinski definition) is 0. The molecule has 2 bridgehead atoms. The second kappa shape index (κ2) is 3.62. The molecular formula is C17H32. The fourth-order valence-electron chi connectivity index (χ4n) is 4.56. The van der Waals surface area contributed by atoms with Gasteiger partial charge >= 0.3 is 0 Å². The maximum atomic E-state index is 2.48. The van der Waals surface area contributed by atoms with Crippen LogP contribution in [0, 0.1) is 21.7 Å². The molecule has 0 unspecified atom stereocenters. The van der Waals surface area contributed by atoms with E-state index in [0.29, 0.717) is 21.7 Å². The van der Waals surface area contributed by atoms with Gasteiger partial charge < -0.3 is 0 Å². The number of fused-ring (bicyclic) bond motifs is 2. The van der Waals surface area contributed by atoms with Crippen molar-refractivity contribution in [3.63, 3.8) is 0 Å². The van der Waals surface area contributed by atoms with Gasteiger partial charge in [-0.3, -0.25) is 0 Å². The third-order valence-corrected chi connectivity index (χ3v) is 7.25. The molecule has 0 radical (unpaired) electrons. The molecule has 0 aromatic rings. The van der Waals surface area contributed by atoms with Gasteiger partial charge in [0.1, 0.15) is 0 Å². The van der Waals surface area contributed by atoms with Crippen LogP contribution in [0.25, 0.3) is 0 Å². The molecule has 2 rings (SSSR count). The predicted molar refractivity (Wildman–Crippen MR) is 78.1 cm³/mol. The molecule has 0 amide bonds. The highest BCUT2D eigenvalue weighted by atomic mass is 14.7. The second-order valence-corrected chi connectivity index (χ2v) is 7.34. The van der Waals surface area contributed by atoms with Gasteiger partial charge in [0.25, 0.3) is 0 Å². The van der Waals surface area contributed by atoms with E-state index in [1.807, 2.05) is 13.8 Å². The van der Waals surface area contributed by atoms with Crippen LogP contribution in [0.1, 0.15) is 75.7 Å². The predicted octanol–water partition coefficient (Wildman–Crippen LogP) is 5.83. The Labute approximate surface area is 109 Å². The molecule has 0 heteroatoms. The molecule has 2 aliphatic carbocycles. The molecule has 0 saturated heterocycles. The quantitative estimate of drug-likeness (QED) is 0.464. The van der Waals surface area contributed by atoms with E-state index in [1.54, 1.807) is 11.1 Å². The summed E-state index contributed by atoms with van der Waals surface area (Å²) in [6.45, 7) is 23.5. The Balaban J connectivity index is 0.000000686. The van der Waals surface area contributed by atoms with Gasteiger partial charge in [-0.25, -0.2) is 0 Å².